The first-order valence-corrected chi connectivity index (χ1v) is 18.4. The number of hydrazine groups is 1. The highest BCUT2D eigenvalue weighted by molar-refractivity contribution is 6.22. The summed E-state index contributed by atoms with van der Waals surface area (Å²) in [6.07, 6.45) is 2.16. The molecule has 5 aromatic rings. The Balaban J connectivity index is 1.15. The zero-order valence-corrected chi connectivity index (χ0v) is 29.9. The molecular formula is C45H37FN4O5. The normalized spacial score (nSPS) is 25.6. The van der Waals surface area contributed by atoms with E-state index in [4.69, 9.17) is 0 Å². The van der Waals surface area contributed by atoms with Gasteiger partial charge < -0.3 is 10.4 Å². The third-order valence-electron chi connectivity index (χ3n) is 11.9. The summed E-state index contributed by atoms with van der Waals surface area (Å²) >= 11 is 0. The van der Waals surface area contributed by atoms with Gasteiger partial charge in [-0.2, -0.15) is 5.01 Å². The van der Waals surface area contributed by atoms with Crippen LogP contribution in [0.25, 0.3) is 0 Å². The Morgan fingerprint density at radius 1 is 0.709 bits per heavy atom. The molecule has 1 saturated carbocycles. The first-order chi connectivity index (χ1) is 26.7. The molecule has 9 rings (SSSR count). The van der Waals surface area contributed by atoms with Crippen LogP contribution in [0.4, 0.5) is 27.1 Å². The Bertz CT molecular complexity index is 2380. The van der Waals surface area contributed by atoms with Crippen molar-refractivity contribution in [1.29, 1.82) is 0 Å². The molecule has 6 unspecified atom stereocenters. The summed E-state index contributed by atoms with van der Waals surface area (Å²) in [5, 5.41) is 15.8. The maximum atomic E-state index is 15.4. The lowest BCUT2D eigenvalue weighted by Crippen LogP contribution is -2.53. The number of amides is 4. The van der Waals surface area contributed by atoms with Crippen LogP contribution in [0.5, 0.6) is 5.75 Å². The van der Waals surface area contributed by atoms with Crippen molar-refractivity contribution in [2.24, 2.45) is 23.7 Å². The van der Waals surface area contributed by atoms with E-state index in [1.807, 2.05) is 73.7 Å². The van der Waals surface area contributed by atoms with Gasteiger partial charge in [0.25, 0.3) is 11.8 Å². The van der Waals surface area contributed by atoms with Crippen LogP contribution in [0.2, 0.25) is 0 Å². The number of anilines is 4. The number of nitrogens with one attached hydrogen (secondary N) is 2. The standard InChI is InChI=1S/C45H37FN4O5/c1-26-15-17-30(18-16-26)48-50-42(53)36-25-35-32(39(34-13-8-14-37(46)40(34)51)45(36,44(50)55)27-9-4-2-5-10-27)23-24-33-38(35)43(54)49(41(33)52)31-21-19-29(20-22-31)47-28-11-6-3-7-12-28/h2-23,33,35-36,38-39,47-48,51H,24-25H2,1H3. The fourth-order valence-electron chi connectivity index (χ4n) is 9.49. The van der Waals surface area contributed by atoms with Crippen LogP contribution in [-0.4, -0.2) is 33.7 Å². The molecule has 6 atom stereocenters. The molecule has 2 aliphatic heterocycles. The van der Waals surface area contributed by atoms with Gasteiger partial charge in [0.15, 0.2) is 11.6 Å². The summed E-state index contributed by atoms with van der Waals surface area (Å²) in [4.78, 5) is 60.1. The van der Waals surface area contributed by atoms with Crippen LogP contribution >= 0.6 is 0 Å². The first-order valence-electron chi connectivity index (χ1n) is 18.4. The van der Waals surface area contributed by atoms with Crippen LogP contribution in [0.3, 0.4) is 0 Å². The third-order valence-corrected chi connectivity index (χ3v) is 11.9. The van der Waals surface area contributed by atoms with E-state index in [1.54, 1.807) is 54.6 Å². The highest BCUT2D eigenvalue weighted by atomic mass is 19.1. The summed E-state index contributed by atoms with van der Waals surface area (Å²) in [5.41, 5.74) is 6.35. The molecule has 2 saturated heterocycles. The molecule has 10 heteroatoms. The number of benzene rings is 5. The van der Waals surface area contributed by atoms with Gasteiger partial charge >= 0.3 is 0 Å². The van der Waals surface area contributed by atoms with Crippen molar-refractivity contribution in [3.8, 4) is 5.75 Å². The predicted molar refractivity (Wildman–Crippen MR) is 206 cm³/mol. The van der Waals surface area contributed by atoms with E-state index in [0.717, 1.165) is 28.0 Å². The maximum Gasteiger partial charge on any atom is 0.260 e. The number of carbonyl (C=O) groups is 4. The average Bonchev–Trinajstić information content (AvgIpc) is 3.58. The van der Waals surface area contributed by atoms with Crippen molar-refractivity contribution in [1.82, 2.24) is 5.01 Å². The number of phenolic OH excluding ortho intramolecular Hbond substituents is 1. The van der Waals surface area contributed by atoms with Crippen LogP contribution in [-0.2, 0) is 24.6 Å². The third kappa shape index (κ3) is 5.26. The summed E-state index contributed by atoms with van der Waals surface area (Å²) in [5.74, 6) is -7.58. The van der Waals surface area contributed by atoms with Crippen LogP contribution < -0.4 is 15.6 Å². The number of rotatable bonds is 7. The number of allylic oxidation sites excluding steroid dienone is 2. The van der Waals surface area contributed by atoms with Gasteiger partial charge in [0.2, 0.25) is 11.8 Å². The van der Waals surface area contributed by atoms with Gasteiger partial charge in [-0.1, -0.05) is 90.0 Å². The first kappa shape index (κ1) is 34.2. The lowest BCUT2D eigenvalue weighted by Gasteiger charge is -2.50. The van der Waals surface area contributed by atoms with Crippen molar-refractivity contribution in [2.45, 2.75) is 31.1 Å². The number of fused-ring (bicyclic) bond motifs is 4. The number of halogens is 1. The molecule has 3 fully saturated rings. The highest BCUT2D eigenvalue weighted by Gasteiger charge is 2.70. The Labute approximate surface area is 317 Å². The molecule has 0 bridgehead atoms. The second-order valence-electron chi connectivity index (χ2n) is 14.8. The fraction of sp³-hybridized carbons (Fsp3) is 0.200. The van der Waals surface area contributed by atoms with Gasteiger partial charge in [0.05, 0.1) is 34.5 Å². The van der Waals surface area contributed by atoms with Crippen molar-refractivity contribution < 1.29 is 28.7 Å². The Morgan fingerprint density at radius 2 is 1.36 bits per heavy atom. The number of imide groups is 2. The summed E-state index contributed by atoms with van der Waals surface area (Å²) < 4.78 is 15.4. The van der Waals surface area contributed by atoms with Gasteiger partial charge in [0.1, 0.15) is 0 Å². The minimum atomic E-state index is -1.62. The van der Waals surface area contributed by atoms with E-state index in [1.165, 1.54) is 11.0 Å². The van der Waals surface area contributed by atoms with Crippen molar-refractivity contribution in [3.05, 3.63) is 162 Å². The molecule has 5 aromatic carbocycles. The summed E-state index contributed by atoms with van der Waals surface area (Å²) in [6.45, 7) is 1.93. The summed E-state index contributed by atoms with van der Waals surface area (Å²) in [7, 11) is 0. The molecule has 3 N–H and O–H groups in total. The maximum absolute atomic E-state index is 15.4. The number of nitrogens with zero attached hydrogens (tertiary/aromatic N) is 2. The van der Waals surface area contributed by atoms with E-state index < -0.39 is 64.3 Å². The monoisotopic (exact) mass is 732 g/mol. The number of aromatic hydroxyl groups is 1. The fourth-order valence-corrected chi connectivity index (χ4v) is 9.49. The molecule has 2 aliphatic carbocycles. The highest BCUT2D eigenvalue weighted by Crippen LogP contribution is 2.65. The topological polar surface area (TPSA) is 119 Å². The Morgan fingerprint density at radius 3 is 2.07 bits per heavy atom. The molecule has 9 nitrogen and oxygen atoms in total. The Kier molecular flexibility index (Phi) is 8.14. The molecule has 4 amide bonds. The number of carbonyl (C=O) groups excluding carboxylic acids is 4. The lowest BCUT2D eigenvalue weighted by atomic mass is 9.49. The zero-order chi connectivity index (χ0) is 38.0. The SMILES string of the molecule is Cc1ccc(NN2C(=O)C3CC4C(=CCC5C(=O)N(c6ccc(Nc7ccccc7)cc6)C(=O)C54)C(c4cccc(F)c4O)C3(c3ccccc3)C2=O)cc1. The van der Waals surface area contributed by atoms with E-state index in [9.17, 15) is 19.5 Å². The molecular weight excluding hydrogens is 696 g/mol. The smallest absolute Gasteiger partial charge is 0.260 e. The number of phenols is 1. The molecule has 2 heterocycles. The van der Waals surface area contributed by atoms with E-state index in [2.05, 4.69) is 10.7 Å². The molecule has 274 valence electrons. The predicted octanol–water partition coefficient (Wildman–Crippen LogP) is 7.77. The lowest BCUT2D eigenvalue weighted by molar-refractivity contribution is -0.138. The van der Waals surface area contributed by atoms with Crippen molar-refractivity contribution >= 4 is 46.4 Å². The van der Waals surface area contributed by atoms with E-state index in [-0.39, 0.29) is 24.3 Å². The number of hydrogen-bond donors (Lipinski definition) is 3. The van der Waals surface area contributed by atoms with Crippen LogP contribution in [0, 0.1) is 36.4 Å². The van der Waals surface area contributed by atoms with Gasteiger partial charge in [-0.05, 0) is 85.8 Å². The molecule has 0 aromatic heterocycles. The number of hydrogen-bond acceptors (Lipinski definition) is 7. The van der Waals surface area contributed by atoms with Gasteiger partial charge in [-0.15, -0.1) is 0 Å². The second kappa shape index (κ2) is 13.1. The second-order valence-corrected chi connectivity index (χ2v) is 14.8. The van der Waals surface area contributed by atoms with E-state index >= 15 is 9.18 Å². The quantitative estimate of drug-likeness (QED) is 0.116. The molecule has 0 spiro atoms. The van der Waals surface area contributed by atoms with Gasteiger partial charge in [-0.3, -0.25) is 29.5 Å². The largest absolute Gasteiger partial charge is 0.505 e. The number of aryl methyl sites for hydroxylation is 1. The minimum absolute atomic E-state index is 0.0813. The van der Waals surface area contributed by atoms with Crippen molar-refractivity contribution in [2.75, 3.05) is 15.6 Å². The zero-order valence-electron chi connectivity index (χ0n) is 29.9. The van der Waals surface area contributed by atoms with Crippen LogP contribution in [0.1, 0.15) is 35.4 Å². The molecule has 55 heavy (non-hydrogen) atoms. The molecule has 4 aliphatic rings. The van der Waals surface area contributed by atoms with Crippen molar-refractivity contribution in [3.63, 3.8) is 0 Å². The van der Waals surface area contributed by atoms with Crippen LogP contribution in [0.15, 0.2) is 139 Å². The summed E-state index contributed by atoms with van der Waals surface area (Å²) in [6, 6.07) is 37.1. The van der Waals surface area contributed by atoms with Gasteiger partial charge in [0, 0.05) is 22.9 Å². The average molecular weight is 733 g/mol. The Hall–Kier alpha value is -6.55. The molecule has 0 radical (unpaired) electrons. The van der Waals surface area contributed by atoms with E-state index in [0.29, 0.717) is 22.5 Å². The minimum Gasteiger partial charge on any atom is -0.505 e. The number of para-hydroxylation sites is 2. The van der Waals surface area contributed by atoms with Gasteiger partial charge in [-0.25, -0.2) is 4.39 Å².